The van der Waals surface area contributed by atoms with Gasteiger partial charge in [-0.05, 0) is 26.0 Å². The van der Waals surface area contributed by atoms with E-state index in [1.165, 1.54) is 12.1 Å². The molecule has 0 saturated heterocycles. The van der Waals surface area contributed by atoms with Crippen LogP contribution in [0.5, 0.6) is 0 Å². The largest absolute Gasteiger partial charge is 0.462 e. The van der Waals surface area contributed by atoms with E-state index in [2.05, 4.69) is 15.9 Å². The monoisotopic (exact) mass is 329 g/mol. The molecule has 0 aromatic heterocycles. The number of benzene rings is 1. The predicted molar refractivity (Wildman–Crippen MR) is 71.8 cm³/mol. The number of carbonyl (C=O) groups excluding carboxylic acids is 2. The predicted octanol–water partition coefficient (Wildman–Crippen LogP) is 2.74. The zero-order valence-electron chi connectivity index (χ0n) is 10.4. The van der Waals surface area contributed by atoms with Crippen LogP contribution in [0, 0.1) is 10.1 Å². The number of alkyl halides is 1. The summed E-state index contributed by atoms with van der Waals surface area (Å²) < 4.78 is 4.79. The molecule has 0 aliphatic carbocycles. The second-order valence-corrected chi connectivity index (χ2v) is 5.06. The Kier molecular flexibility index (Phi) is 5.17. The van der Waals surface area contributed by atoms with Gasteiger partial charge in [0.05, 0.1) is 27.5 Å². The van der Waals surface area contributed by atoms with Crippen molar-refractivity contribution in [2.45, 2.75) is 18.7 Å². The fourth-order valence-electron chi connectivity index (χ4n) is 1.45. The summed E-state index contributed by atoms with van der Waals surface area (Å²) in [5.41, 5.74) is -0.326. The van der Waals surface area contributed by atoms with Crippen molar-refractivity contribution < 1.29 is 19.2 Å². The van der Waals surface area contributed by atoms with Gasteiger partial charge in [-0.3, -0.25) is 14.9 Å². The molecule has 102 valence electrons. The molecule has 19 heavy (non-hydrogen) atoms. The van der Waals surface area contributed by atoms with Crippen molar-refractivity contribution in [2.24, 2.45) is 0 Å². The van der Waals surface area contributed by atoms with Gasteiger partial charge in [0.15, 0.2) is 5.78 Å². The molecule has 7 heteroatoms. The number of hydrogen-bond acceptors (Lipinski definition) is 5. The number of rotatable bonds is 5. The number of carbonyl (C=O) groups is 2. The minimum Gasteiger partial charge on any atom is -0.462 e. The standard InChI is InChI=1S/C12H12BrNO5/c1-3-19-12(16)8-4-5-10(14(17)18)9(6-8)11(15)7(2)13/h4-7H,3H2,1-2H3. The lowest BCUT2D eigenvalue weighted by atomic mass is 10.0. The number of Topliss-reactive ketones (excluding diaryl/α,β-unsaturated/α-hetero) is 1. The average Bonchev–Trinajstić information content (AvgIpc) is 2.37. The summed E-state index contributed by atoms with van der Waals surface area (Å²) in [6.45, 7) is 3.40. The lowest BCUT2D eigenvalue weighted by Gasteiger charge is -2.07. The van der Waals surface area contributed by atoms with Crippen LogP contribution >= 0.6 is 15.9 Å². The summed E-state index contributed by atoms with van der Waals surface area (Å²) >= 11 is 3.06. The van der Waals surface area contributed by atoms with E-state index in [0.717, 1.165) is 6.07 Å². The Balaban J connectivity index is 3.30. The van der Waals surface area contributed by atoms with Crippen molar-refractivity contribution in [1.82, 2.24) is 0 Å². The van der Waals surface area contributed by atoms with Gasteiger partial charge >= 0.3 is 5.97 Å². The van der Waals surface area contributed by atoms with Crippen molar-refractivity contribution in [3.05, 3.63) is 39.4 Å². The SMILES string of the molecule is CCOC(=O)c1ccc([N+](=O)[O-])c(C(=O)C(C)Br)c1. The number of nitro benzene ring substituents is 1. The van der Waals surface area contributed by atoms with Gasteiger partial charge in [-0.1, -0.05) is 15.9 Å². The van der Waals surface area contributed by atoms with Crippen LogP contribution < -0.4 is 0 Å². The Bertz CT molecular complexity index is 527. The van der Waals surface area contributed by atoms with Crippen molar-refractivity contribution in [2.75, 3.05) is 6.61 Å². The van der Waals surface area contributed by atoms with Gasteiger partial charge in [0.2, 0.25) is 0 Å². The second kappa shape index (κ2) is 6.42. The summed E-state index contributed by atoms with van der Waals surface area (Å²) in [5, 5.41) is 10.9. The third kappa shape index (κ3) is 3.60. The highest BCUT2D eigenvalue weighted by atomic mass is 79.9. The van der Waals surface area contributed by atoms with Crippen LogP contribution in [0.15, 0.2) is 18.2 Å². The molecule has 0 heterocycles. The van der Waals surface area contributed by atoms with Crippen LogP contribution in [0.4, 0.5) is 5.69 Å². The van der Waals surface area contributed by atoms with E-state index >= 15 is 0 Å². The third-order valence-corrected chi connectivity index (χ3v) is 2.75. The maximum Gasteiger partial charge on any atom is 0.338 e. The molecule has 1 aromatic rings. The first-order chi connectivity index (χ1) is 8.88. The highest BCUT2D eigenvalue weighted by molar-refractivity contribution is 9.10. The number of esters is 1. The first-order valence-electron chi connectivity index (χ1n) is 5.52. The first kappa shape index (κ1) is 15.3. The van der Waals surface area contributed by atoms with Gasteiger partial charge in [-0.25, -0.2) is 4.79 Å². The Morgan fingerprint density at radius 3 is 2.58 bits per heavy atom. The molecule has 0 saturated carbocycles. The van der Waals surface area contributed by atoms with Gasteiger partial charge in [0.1, 0.15) is 0 Å². The zero-order chi connectivity index (χ0) is 14.6. The Morgan fingerprint density at radius 1 is 1.47 bits per heavy atom. The van der Waals surface area contributed by atoms with Gasteiger partial charge in [0.25, 0.3) is 5.69 Å². The van der Waals surface area contributed by atoms with E-state index in [1.54, 1.807) is 13.8 Å². The minimum atomic E-state index is -0.655. The molecule has 0 aliphatic heterocycles. The van der Waals surface area contributed by atoms with Crippen LogP contribution in [0.25, 0.3) is 0 Å². The molecular weight excluding hydrogens is 318 g/mol. The normalized spacial score (nSPS) is 11.7. The fourth-order valence-corrected chi connectivity index (χ4v) is 1.69. The maximum absolute atomic E-state index is 11.9. The molecule has 6 nitrogen and oxygen atoms in total. The molecule has 1 atom stereocenters. The number of nitro groups is 1. The van der Waals surface area contributed by atoms with Crippen molar-refractivity contribution in [1.29, 1.82) is 0 Å². The van der Waals surface area contributed by atoms with Gasteiger partial charge in [0, 0.05) is 6.07 Å². The lowest BCUT2D eigenvalue weighted by Crippen LogP contribution is -2.14. The highest BCUT2D eigenvalue weighted by Gasteiger charge is 2.24. The van der Waals surface area contributed by atoms with Crippen LogP contribution in [-0.4, -0.2) is 28.1 Å². The molecule has 0 amide bonds. The quantitative estimate of drug-likeness (QED) is 0.272. The number of nitrogens with zero attached hydrogens (tertiary/aromatic N) is 1. The zero-order valence-corrected chi connectivity index (χ0v) is 12.0. The summed E-state index contributed by atoms with van der Waals surface area (Å²) in [6, 6.07) is 3.59. The summed E-state index contributed by atoms with van der Waals surface area (Å²) in [7, 11) is 0. The molecule has 1 rings (SSSR count). The van der Waals surface area contributed by atoms with E-state index in [9.17, 15) is 19.7 Å². The smallest absolute Gasteiger partial charge is 0.338 e. The minimum absolute atomic E-state index is 0.111. The van der Waals surface area contributed by atoms with E-state index < -0.39 is 21.5 Å². The maximum atomic E-state index is 11.9. The highest BCUT2D eigenvalue weighted by Crippen LogP contribution is 2.23. The van der Waals surface area contributed by atoms with E-state index in [4.69, 9.17) is 4.74 Å². The molecule has 1 aromatic carbocycles. The van der Waals surface area contributed by atoms with Crippen molar-refractivity contribution in [3.8, 4) is 0 Å². The number of ether oxygens (including phenoxy) is 1. The third-order valence-electron chi connectivity index (χ3n) is 2.33. The Hall–Kier alpha value is -1.76. The molecule has 1 unspecified atom stereocenters. The number of ketones is 1. The fraction of sp³-hybridized carbons (Fsp3) is 0.333. The van der Waals surface area contributed by atoms with Crippen LogP contribution in [0.3, 0.4) is 0 Å². The van der Waals surface area contributed by atoms with Crippen molar-refractivity contribution >= 4 is 33.4 Å². The number of hydrogen-bond donors (Lipinski definition) is 0. The molecule has 0 aliphatic rings. The summed E-state index contributed by atoms with van der Waals surface area (Å²) in [4.78, 5) is 33.1. The topological polar surface area (TPSA) is 86.5 Å². The van der Waals surface area contributed by atoms with E-state index in [0.29, 0.717) is 0 Å². The molecule has 0 radical (unpaired) electrons. The van der Waals surface area contributed by atoms with E-state index in [-0.39, 0.29) is 23.4 Å². The Labute approximate surface area is 118 Å². The molecular formula is C12H12BrNO5. The first-order valence-corrected chi connectivity index (χ1v) is 6.43. The van der Waals surface area contributed by atoms with Crippen LogP contribution in [0.2, 0.25) is 0 Å². The van der Waals surface area contributed by atoms with Gasteiger partial charge < -0.3 is 4.74 Å². The second-order valence-electron chi connectivity index (χ2n) is 3.69. The molecule has 0 bridgehead atoms. The molecule has 0 fully saturated rings. The van der Waals surface area contributed by atoms with Gasteiger partial charge in [-0.2, -0.15) is 0 Å². The molecule has 0 N–H and O–H groups in total. The van der Waals surface area contributed by atoms with Crippen LogP contribution in [0.1, 0.15) is 34.6 Å². The average molecular weight is 330 g/mol. The summed E-state index contributed by atoms with van der Waals surface area (Å²) in [5.74, 6) is -1.08. The summed E-state index contributed by atoms with van der Waals surface area (Å²) in [6.07, 6.45) is 0. The van der Waals surface area contributed by atoms with E-state index in [1.807, 2.05) is 0 Å². The van der Waals surface area contributed by atoms with Crippen LogP contribution in [-0.2, 0) is 4.74 Å². The van der Waals surface area contributed by atoms with Gasteiger partial charge in [-0.15, -0.1) is 0 Å². The lowest BCUT2D eigenvalue weighted by molar-refractivity contribution is -0.385. The molecule has 0 spiro atoms. The van der Waals surface area contributed by atoms with Crippen molar-refractivity contribution in [3.63, 3.8) is 0 Å². The number of halogens is 1. The Morgan fingerprint density at radius 2 is 2.11 bits per heavy atom.